The van der Waals surface area contributed by atoms with Gasteiger partial charge < -0.3 is 9.84 Å². The summed E-state index contributed by atoms with van der Waals surface area (Å²) in [5, 5.41) is 2.73. The number of carbonyl (C=O) groups is 2. The Balaban J connectivity index is 1.98. The van der Waals surface area contributed by atoms with E-state index < -0.39 is 7.82 Å². The third-order valence-electron chi connectivity index (χ3n) is 3.44. The lowest BCUT2D eigenvalue weighted by Crippen LogP contribution is -2.26. The van der Waals surface area contributed by atoms with Crippen molar-refractivity contribution in [3.05, 3.63) is 59.7 Å². The minimum Gasteiger partial charge on any atom is -0.404 e. The number of carbonyl (C=O) groups excluding carboxylic acids is 2. The number of benzene rings is 2. The lowest BCUT2D eigenvalue weighted by molar-refractivity contribution is -0.116. The number of phosphoric ester groups is 1. The second-order valence-corrected chi connectivity index (χ2v) is 7.90. The fourth-order valence-corrected chi connectivity index (χ4v) is 3.57. The normalized spacial score (nSPS) is 11.1. The van der Waals surface area contributed by atoms with Gasteiger partial charge in [0, 0.05) is 23.6 Å². The van der Waals surface area contributed by atoms with Crippen LogP contribution in [0.3, 0.4) is 0 Å². The van der Waals surface area contributed by atoms with E-state index in [2.05, 4.69) is 9.84 Å². The highest BCUT2D eigenvalue weighted by atomic mass is 32.2. The first-order valence-electron chi connectivity index (χ1n) is 8.08. The summed E-state index contributed by atoms with van der Waals surface area (Å²) < 4.78 is 15.3. The van der Waals surface area contributed by atoms with Crippen LogP contribution in [0.2, 0.25) is 0 Å². The van der Waals surface area contributed by atoms with E-state index in [1.807, 2.05) is 12.1 Å². The number of hydrogen-bond donors (Lipinski definition) is 3. The molecule has 0 unspecified atom stereocenters. The summed E-state index contributed by atoms with van der Waals surface area (Å²) in [5.41, 5.74) is 1.44. The fourth-order valence-electron chi connectivity index (χ4n) is 2.17. The van der Waals surface area contributed by atoms with Crippen LogP contribution in [0.5, 0.6) is 5.75 Å². The highest BCUT2D eigenvalue weighted by Crippen LogP contribution is 2.37. The predicted octanol–water partition coefficient (Wildman–Crippen LogP) is 3.16. The van der Waals surface area contributed by atoms with E-state index in [4.69, 9.17) is 9.79 Å². The molecule has 1 amide bonds. The molecule has 0 aliphatic carbocycles. The molecule has 0 spiro atoms. The van der Waals surface area contributed by atoms with E-state index in [-0.39, 0.29) is 17.4 Å². The van der Waals surface area contributed by atoms with Crippen molar-refractivity contribution >= 4 is 31.3 Å². The van der Waals surface area contributed by atoms with Crippen LogP contribution >= 0.6 is 19.6 Å². The average Bonchev–Trinajstić information content (AvgIpc) is 2.59. The monoisotopic (exact) mass is 409 g/mol. The Morgan fingerprint density at radius 1 is 1.11 bits per heavy atom. The van der Waals surface area contributed by atoms with Crippen LogP contribution in [0.1, 0.15) is 29.3 Å². The highest BCUT2D eigenvalue weighted by Gasteiger charge is 2.15. The molecule has 0 aliphatic rings. The van der Waals surface area contributed by atoms with Gasteiger partial charge in [-0.1, -0.05) is 24.3 Å². The van der Waals surface area contributed by atoms with E-state index in [1.165, 1.54) is 30.8 Å². The Bertz CT molecular complexity index is 849. The molecule has 0 heterocycles. The van der Waals surface area contributed by atoms with Crippen molar-refractivity contribution < 1.29 is 28.5 Å². The summed E-state index contributed by atoms with van der Waals surface area (Å²) in [6.07, 6.45) is 0.296. The lowest BCUT2D eigenvalue weighted by Gasteiger charge is -2.10. The number of hydrogen-bond acceptors (Lipinski definition) is 5. The summed E-state index contributed by atoms with van der Waals surface area (Å²) in [4.78, 5) is 41.7. The number of amides is 1. The van der Waals surface area contributed by atoms with Crippen LogP contribution < -0.4 is 9.84 Å². The molecule has 0 bridgehead atoms. The van der Waals surface area contributed by atoms with Gasteiger partial charge in [-0.25, -0.2) is 4.57 Å². The van der Waals surface area contributed by atoms with Crippen molar-refractivity contribution in [1.82, 2.24) is 5.32 Å². The van der Waals surface area contributed by atoms with Crippen LogP contribution in [0.15, 0.2) is 53.4 Å². The lowest BCUT2D eigenvalue weighted by atomic mass is 10.2. The quantitative estimate of drug-likeness (QED) is 0.431. The van der Waals surface area contributed by atoms with Crippen LogP contribution in [0.4, 0.5) is 0 Å². The molecule has 3 N–H and O–H groups in total. The fraction of sp³-hybridized carbons (Fsp3) is 0.222. The van der Waals surface area contributed by atoms with Gasteiger partial charge in [0.25, 0.3) is 5.91 Å². The average molecular weight is 409 g/mol. The van der Waals surface area contributed by atoms with Gasteiger partial charge in [-0.15, -0.1) is 11.8 Å². The van der Waals surface area contributed by atoms with Crippen molar-refractivity contribution in [2.45, 2.75) is 24.0 Å². The topological polar surface area (TPSA) is 113 Å². The number of ketones is 1. The standard InChI is InChI=1S/C18H20NO6PS/c1-13(20)10-11-19-18(21)16-4-2-3-5-17(16)27-12-14-6-8-15(9-7-14)25-26(22,23)24/h2-9H,10-12H2,1H3,(H,19,21)(H2,22,23,24). The van der Waals surface area contributed by atoms with Gasteiger partial charge in [0.15, 0.2) is 0 Å². The maximum absolute atomic E-state index is 12.3. The van der Waals surface area contributed by atoms with E-state index in [1.54, 1.807) is 24.3 Å². The van der Waals surface area contributed by atoms with Crippen molar-refractivity contribution in [2.24, 2.45) is 0 Å². The molecule has 2 rings (SSSR count). The van der Waals surface area contributed by atoms with Gasteiger partial charge >= 0.3 is 7.82 Å². The zero-order valence-corrected chi connectivity index (χ0v) is 16.3. The van der Waals surface area contributed by atoms with Gasteiger partial charge in [-0.3, -0.25) is 19.4 Å². The first kappa shape index (κ1) is 21.2. The molecule has 0 aliphatic heterocycles. The minimum atomic E-state index is -4.57. The Labute approximate surface area is 161 Å². The summed E-state index contributed by atoms with van der Waals surface area (Å²) in [5.74, 6) is 0.435. The molecule has 0 aromatic heterocycles. The molecule has 0 atom stereocenters. The van der Waals surface area contributed by atoms with Crippen LogP contribution in [0, 0.1) is 0 Å². The molecular formula is C18H20NO6PS. The number of nitrogens with one attached hydrogen (secondary N) is 1. The SMILES string of the molecule is CC(=O)CCNC(=O)c1ccccc1SCc1ccc(OP(=O)(O)O)cc1. The maximum Gasteiger partial charge on any atom is 0.524 e. The molecule has 0 saturated heterocycles. The molecule has 2 aromatic rings. The number of rotatable bonds is 9. The molecule has 0 fully saturated rings. The van der Waals surface area contributed by atoms with E-state index in [0.717, 1.165) is 10.5 Å². The maximum atomic E-state index is 12.3. The summed E-state index contributed by atoms with van der Waals surface area (Å²) >= 11 is 1.47. The molecule has 0 saturated carbocycles. The smallest absolute Gasteiger partial charge is 0.404 e. The number of phosphoric acid groups is 1. The molecule has 144 valence electrons. The van der Waals surface area contributed by atoms with Crippen LogP contribution in [-0.2, 0) is 15.1 Å². The van der Waals surface area contributed by atoms with E-state index in [0.29, 0.717) is 24.3 Å². The molecule has 9 heteroatoms. The van der Waals surface area contributed by atoms with Crippen molar-refractivity contribution in [3.63, 3.8) is 0 Å². The molecule has 27 heavy (non-hydrogen) atoms. The minimum absolute atomic E-state index is 0.0177. The van der Waals surface area contributed by atoms with Gasteiger partial charge in [-0.05, 0) is 36.8 Å². The summed E-state index contributed by atoms with van der Waals surface area (Å²) in [7, 11) is -4.57. The third-order valence-corrected chi connectivity index (χ3v) is 5.03. The molecule has 0 radical (unpaired) electrons. The van der Waals surface area contributed by atoms with Gasteiger partial charge in [0.2, 0.25) is 0 Å². The van der Waals surface area contributed by atoms with E-state index >= 15 is 0 Å². The van der Waals surface area contributed by atoms with Crippen molar-refractivity contribution in [1.29, 1.82) is 0 Å². The first-order valence-corrected chi connectivity index (χ1v) is 10.6. The zero-order valence-electron chi connectivity index (χ0n) is 14.6. The first-order chi connectivity index (χ1) is 12.7. The predicted molar refractivity (Wildman–Crippen MR) is 103 cm³/mol. The Morgan fingerprint density at radius 2 is 1.78 bits per heavy atom. The van der Waals surface area contributed by atoms with Gasteiger partial charge in [0.1, 0.15) is 11.5 Å². The third kappa shape index (κ3) is 7.56. The second kappa shape index (κ2) is 9.71. The van der Waals surface area contributed by atoms with Gasteiger partial charge in [0.05, 0.1) is 5.56 Å². The Morgan fingerprint density at radius 3 is 2.41 bits per heavy atom. The number of thioether (sulfide) groups is 1. The van der Waals surface area contributed by atoms with Gasteiger partial charge in [-0.2, -0.15) is 0 Å². The van der Waals surface area contributed by atoms with Crippen molar-refractivity contribution in [2.75, 3.05) is 6.54 Å². The van der Waals surface area contributed by atoms with E-state index in [9.17, 15) is 14.2 Å². The zero-order chi connectivity index (χ0) is 19.9. The van der Waals surface area contributed by atoms with Crippen molar-refractivity contribution in [3.8, 4) is 5.75 Å². The molecule has 2 aromatic carbocycles. The molecular weight excluding hydrogens is 389 g/mol. The second-order valence-electron chi connectivity index (χ2n) is 5.72. The molecule has 7 nitrogen and oxygen atoms in total. The Hall–Kier alpha value is -2.12. The Kier molecular flexibility index (Phi) is 7.62. The largest absolute Gasteiger partial charge is 0.524 e. The van der Waals surface area contributed by atoms with Crippen LogP contribution in [0.25, 0.3) is 0 Å². The highest BCUT2D eigenvalue weighted by molar-refractivity contribution is 7.98. The summed E-state index contributed by atoms with van der Waals surface area (Å²) in [6.45, 7) is 1.78. The van der Waals surface area contributed by atoms with Crippen LogP contribution in [-0.4, -0.2) is 28.0 Å². The summed E-state index contributed by atoms with van der Waals surface area (Å²) in [6, 6.07) is 13.5. The number of Topliss-reactive ketones (excluding diaryl/α,β-unsaturated/α-hetero) is 1.